The Hall–Kier alpha value is -1.71. The van der Waals surface area contributed by atoms with Gasteiger partial charge in [-0.05, 0) is 62.4 Å². The zero-order valence-electron chi connectivity index (χ0n) is 13.0. The lowest BCUT2D eigenvalue weighted by molar-refractivity contribution is -0.130. The van der Waals surface area contributed by atoms with Crippen molar-refractivity contribution in [3.63, 3.8) is 0 Å². The molecule has 0 fully saturated rings. The van der Waals surface area contributed by atoms with E-state index in [1.54, 1.807) is 48.5 Å². The molecule has 23 heavy (non-hydrogen) atoms. The van der Waals surface area contributed by atoms with E-state index < -0.39 is 5.41 Å². The van der Waals surface area contributed by atoms with E-state index in [-0.39, 0.29) is 19.0 Å². The van der Waals surface area contributed by atoms with Crippen molar-refractivity contribution in [2.24, 2.45) is 5.41 Å². The molecule has 0 heterocycles. The Morgan fingerprint density at radius 1 is 0.870 bits per heavy atom. The van der Waals surface area contributed by atoms with Gasteiger partial charge in [0.1, 0.15) is 24.7 Å². The van der Waals surface area contributed by atoms with Crippen LogP contribution >= 0.6 is 23.2 Å². The third kappa shape index (κ3) is 5.45. The fourth-order valence-corrected chi connectivity index (χ4v) is 2.00. The molecular formula is C18H18Cl2O3. The van der Waals surface area contributed by atoms with Gasteiger partial charge in [-0.2, -0.15) is 0 Å². The highest BCUT2D eigenvalue weighted by atomic mass is 35.5. The predicted molar refractivity (Wildman–Crippen MR) is 92.7 cm³/mol. The molecule has 0 aromatic heterocycles. The third-order valence-electron chi connectivity index (χ3n) is 3.35. The molecule has 0 atom stereocenters. The van der Waals surface area contributed by atoms with Crippen LogP contribution in [0.15, 0.2) is 48.5 Å². The van der Waals surface area contributed by atoms with Crippen molar-refractivity contribution in [2.45, 2.75) is 13.8 Å². The molecule has 2 aromatic rings. The van der Waals surface area contributed by atoms with Gasteiger partial charge < -0.3 is 9.47 Å². The van der Waals surface area contributed by atoms with Crippen LogP contribution in [-0.4, -0.2) is 19.0 Å². The number of Topliss-reactive ketones (excluding diaryl/α,β-unsaturated/α-hetero) is 1. The molecule has 0 N–H and O–H groups in total. The summed E-state index contributed by atoms with van der Waals surface area (Å²) in [6, 6.07) is 13.9. The maximum Gasteiger partial charge on any atom is 0.179 e. The van der Waals surface area contributed by atoms with Gasteiger partial charge in [0.15, 0.2) is 5.78 Å². The Morgan fingerprint density at radius 3 is 1.78 bits per heavy atom. The number of ether oxygens (including phenoxy) is 2. The van der Waals surface area contributed by atoms with Gasteiger partial charge in [0.25, 0.3) is 0 Å². The third-order valence-corrected chi connectivity index (χ3v) is 3.86. The Labute approximate surface area is 146 Å². The van der Waals surface area contributed by atoms with Gasteiger partial charge in [0.05, 0.1) is 5.41 Å². The topological polar surface area (TPSA) is 35.5 Å². The zero-order valence-corrected chi connectivity index (χ0v) is 14.5. The van der Waals surface area contributed by atoms with Crippen LogP contribution < -0.4 is 9.47 Å². The first kappa shape index (κ1) is 17.6. The van der Waals surface area contributed by atoms with Crippen molar-refractivity contribution in [2.75, 3.05) is 13.2 Å². The van der Waals surface area contributed by atoms with E-state index in [2.05, 4.69) is 0 Å². The number of halogens is 2. The van der Waals surface area contributed by atoms with Gasteiger partial charge in [-0.1, -0.05) is 23.2 Å². The van der Waals surface area contributed by atoms with Gasteiger partial charge >= 0.3 is 0 Å². The number of benzene rings is 2. The summed E-state index contributed by atoms with van der Waals surface area (Å²) in [4.78, 5) is 12.3. The second kappa shape index (κ2) is 7.71. The van der Waals surface area contributed by atoms with Crippen molar-refractivity contribution >= 4 is 29.0 Å². The van der Waals surface area contributed by atoms with Crippen molar-refractivity contribution in [1.29, 1.82) is 0 Å². The molecule has 122 valence electrons. The molecule has 5 heteroatoms. The lowest BCUT2D eigenvalue weighted by Gasteiger charge is -2.23. The van der Waals surface area contributed by atoms with Crippen molar-refractivity contribution in [1.82, 2.24) is 0 Å². The summed E-state index contributed by atoms with van der Waals surface area (Å²) < 4.78 is 11.2. The molecule has 3 nitrogen and oxygen atoms in total. The van der Waals surface area contributed by atoms with Gasteiger partial charge in [0, 0.05) is 10.0 Å². The summed E-state index contributed by atoms with van der Waals surface area (Å²) in [5, 5.41) is 1.27. The number of hydrogen-bond acceptors (Lipinski definition) is 3. The lowest BCUT2D eigenvalue weighted by atomic mass is 9.89. The molecule has 0 aliphatic heterocycles. The quantitative estimate of drug-likeness (QED) is 0.699. The molecule has 0 amide bonds. The monoisotopic (exact) mass is 352 g/mol. The van der Waals surface area contributed by atoms with Crippen LogP contribution in [0.25, 0.3) is 0 Å². The first-order chi connectivity index (χ1) is 10.9. The summed E-state index contributed by atoms with van der Waals surface area (Å²) in [7, 11) is 0. The fourth-order valence-electron chi connectivity index (χ4n) is 1.75. The minimum atomic E-state index is -0.661. The van der Waals surface area contributed by atoms with Crippen LogP contribution in [0.3, 0.4) is 0 Å². The number of ketones is 1. The molecule has 0 unspecified atom stereocenters. The average molecular weight is 353 g/mol. The van der Waals surface area contributed by atoms with Crippen molar-refractivity contribution < 1.29 is 14.3 Å². The Balaban J connectivity index is 1.86. The Morgan fingerprint density at radius 2 is 1.30 bits per heavy atom. The number of rotatable bonds is 7. The Bertz CT molecular complexity index is 649. The molecule has 0 aliphatic carbocycles. The van der Waals surface area contributed by atoms with Crippen molar-refractivity contribution in [3.8, 4) is 11.5 Å². The van der Waals surface area contributed by atoms with Crippen LogP contribution in [0.4, 0.5) is 0 Å². The van der Waals surface area contributed by atoms with E-state index in [0.717, 1.165) is 0 Å². The van der Waals surface area contributed by atoms with Crippen LogP contribution in [0.5, 0.6) is 11.5 Å². The second-order valence-corrected chi connectivity index (χ2v) is 6.67. The highest BCUT2D eigenvalue weighted by Crippen LogP contribution is 2.22. The summed E-state index contributed by atoms with van der Waals surface area (Å²) >= 11 is 11.6. The standard InChI is InChI=1S/C18H18Cl2O3/c1-18(2,12-23-16-9-5-14(20)6-10-16)17(21)11-22-15-7-3-13(19)4-8-15/h3-10H,11-12H2,1-2H3. The van der Waals surface area contributed by atoms with Gasteiger partial charge in [-0.15, -0.1) is 0 Å². The first-order valence-corrected chi connectivity index (χ1v) is 7.92. The molecule has 0 aliphatic rings. The molecule has 0 bridgehead atoms. The predicted octanol–water partition coefficient (Wildman–Crippen LogP) is 5.05. The molecule has 0 spiro atoms. The average Bonchev–Trinajstić information content (AvgIpc) is 2.53. The van der Waals surface area contributed by atoms with E-state index in [1.165, 1.54) is 0 Å². The van der Waals surface area contributed by atoms with E-state index in [0.29, 0.717) is 21.5 Å². The molecule has 0 saturated heterocycles. The summed E-state index contributed by atoms with van der Waals surface area (Å²) in [6.07, 6.45) is 0. The largest absolute Gasteiger partial charge is 0.493 e. The first-order valence-electron chi connectivity index (χ1n) is 7.17. The number of carbonyl (C=O) groups excluding carboxylic acids is 1. The molecule has 2 aromatic carbocycles. The van der Waals surface area contributed by atoms with E-state index >= 15 is 0 Å². The number of carbonyl (C=O) groups is 1. The summed E-state index contributed by atoms with van der Waals surface area (Å²) in [5.41, 5.74) is -0.661. The number of hydrogen-bond donors (Lipinski definition) is 0. The maximum atomic E-state index is 12.3. The van der Waals surface area contributed by atoms with Crippen molar-refractivity contribution in [3.05, 3.63) is 58.6 Å². The van der Waals surface area contributed by atoms with Gasteiger partial charge in [-0.25, -0.2) is 0 Å². The minimum Gasteiger partial charge on any atom is -0.493 e. The van der Waals surface area contributed by atoms with Crippen LogP contribution in [-0.2, 0) is 4.79 Å². The van der Waals surface area contributed by atoms with E-state index in [1.807, 2.05) is 13.8 Å². The van der Waals surface area contributed by atoms with E-state index in [9.17, 15) is 4.79 Å². The minimum absolute atomic E-state index is 0.0153. The van der Waals surface area contributed by atoms with E-state index in [4.69, 9.17) is 32.7 Å². The van der Waals surface area contributed by atoms with Gasteiger partial charge in [-0.3, -0.25) is 4.79 Å². The molecule has 2 rings (SSSR count). The summed E-state index contributed by atoms with van der Waals surface area (Å²) in [5.74, 6) is 1.24. The fraction of sp³-hybridized carbons (Fsp3) is 0.278. The zero-order chi connectivity index (χ0) is 16.9. The second-order valence-electron chi connectivity index (χ2n) is 5.79. The smallest absolute Gasteiger partial charge is 0.179 e. The normalized spacial score (nSPS) is 11.1. The lowest BCUT2D eigenvalue weighted by Crippen LogP contribution is -2.34. The van der Waals surface area contributed by atoms with Crippen LogP contribution in [0.2, 0.25) is 10.0 Å². The van der Waals surface area contributed by atoms with Crippen LogP contribution in [0, 0.1) is 5.41 Å². The van der Waals surface area contributed by atoms with Crippen LogP contribution in [0.1, 0.15) is 13.8 Å². The molecule has 0 saturated carbocycles. The Kier molecular flexibility index (Phi) is 5.91. The maximum absolute atomic E-state index is 12.3. The summed E-state index contributed by atoms with van der Waals surface area (Å²) in [6.45, 7) is 3.91. The SMILES string of the molecule is CC(C)(COc1ccc(Cl)cc1)C(=O)COc1ccc(Cl)cc1. The highest BCUT2D eigenvalue weighted by molar-refractivity contribution is 6.30. The molecule has 0 radical (unpaired) electrons. The highest BCUT2D eigenvalue weighted by Gasteiger charge is 2.29. The van der Waals surface area contributed by atoms with Gasteiger partial charge in [0.2, 0.25) is 0 Å². The molecular weight excluding hydrogens is 335 g/mol.